The number of carbonyl (C=O) groups is 1. The van der Waals surface area contributed by atoms with Crippen LogP contribution in [0, 0.1) is 6.92 Å². The number of esters is 1. The van der Waals surface area contributed by atoms with Crippen molar-refractivity contribution in [1.82, 2.24) is 9.55 Å². The van der Waals surface area contributed by atoms with E-state index in [1.165, 1.54) is 16.7 Å². The minimum atomic E-state index is -1.42. The van der Waals surface area contributed by atoms with Gasteiger partial charge in [-0.25, -0.2) is 4.79 Å². The zero-order chi connectivity index (χ0) is 23.3. The van der Waals surface area contributed by atoms with Gasteiger partial charge in [0.1, 0.15) is 19.0 Å². The number of carbonyl (C=O) groups excluding carboxylic acids is 1. The molecule has 11 heteroatoms. The summed E-state index contributed by atoms with van der Waals surface area (Å²) in [5.41, 5.74) is 6.64. The second-order valence-electron chi connectivity index (χ2n) is 7.46. The topological polar surface area (TPSA) is 150 Å². The molecule has 2 aromatic heterocycles. The summed E-state index contributed by atoms with van der Waals surface area (Å²) in [6.07, 6.45) is 1.55. The SMILES string of the molecule is Cc1ccc(COc2cc3oc(=O)n(CCC(=O)OCC(N)(CO)CO)c3cc2Cl)cn1. The molecule has 0 saturated heterocycles. The summed E-state index contributed by atoms with van der Waals surface area (Å²) in [6, 6.07) is 6.80. The van der Waals surface area contributed by atoms with Crippen LogP contribution in [0.15, 0.2) is 39.7 Å². The van der Waals surface area contributed by atoms with E-state index in [2.05, 4.69) is 4.98 Å². The van der Waals surface area contributed by atoms with Crippen molar-refractivity contribution in [2.45, 2.75) is 32.0 Å². The molecule has 0 saturated carbocycles. The highest BCUT2D eigenvalue weighted by Crippen LogP contribution is 2.30. The molecule has 0 spiro atoms. The summed E-state index contributed by atoms with van der Waals surface area (Å²) >= 11 is 6.32. The zero-order valence-corrected chi connectivity index (χ0v) is 18.2. The number of hydrogen-bond acceptors (Lipinski definition) is 9. The highest BCUT2D eigenvalue weighted by molar-refractivity contribution is 6.32. The Hall–Kier alpha value is -2.92. The molecule has 1 aromatic carbocycles. The highest BCUT2D eigenvalue weighted by atomic mass is 35.5. The van der Waals surface area contributed by atoms with E-state index < -0.39 is 30.5 Å². The molecule has 0 radical (unpaired) electrons. The van der Waals surface area contributed by atoms with Crippen LogP contribution in [0.1, 0.15) is 17.7 Å². The van der Waals surface area contributed by atoms with E-state index in [4.69, 9.17) is 41.4 Å². The van der Waals surface area contributed by atoms with Crippen LogP contribution in [0.5, 0.6) is 5.75 Å². The number of ether oxygens (including phenoxy) is 2. The number of nitrogens with two attached hydrogens (primary N) is 1. The Kier molecular flexibility index (Phi) is 7.52. The Bertz CT molecular complexity index is 1140. The van der Waals surface area contributed by atoms with E-state index in [0.717, 1.165) is 11.3 Å². The summed E-state index contributed by atoms with van der Waals surface area (Å²) in [5.74, 6) is -0.976. The summed E-state index contributed by atoms with van der Waals surface area (Å²) in [7, 11) is 0. The predicted octanol–water partition coefficient (Wildman–Crippen LogP) is 1.15. The third-order valence-corrected chi connectivity index (χ3v) is 5.07. The van der Waals surface area contributed by atoms with Crippen molar-refractivity contribution in [1.29, 1.82) is 0 Å². The van der Waals surface area contributed by atoms with Gasteiger partial charge >= 0.3 is 11.7 Å². The lowest BCUT2D eigenvalue weighted by Crippen LogP contribution is -2.51. The van der Waals surface area contributed by atoms with Gasteiger partial charge < -0.3 is 29.8 Å². The quantitative estimate of drug-likeness (QED) is 0.374. The van der Waals surface area contributed by atoms with Gasteiger partial charge in [-0.2, -0.15) is 0 Å². The first-order valence-corrected chi connectivity index (χ1v) is 10.2. The fourth-order valence-electron chi connectivity index (χ4n) is 2.77. The number of oxazole rings is 1. The molecule has 0 aliphatic carbocycles. The summed E-state index contributed by atoms with van der Waals surface area (Å²) in [5, 5.41) is 18.5. The first-order chi connectivity index (χ1) is 15.2. The molecule has 0 aliphatic rings. The standard InChI is InChI=1S/C21H24ClN3O7/c1-13-2-3-14(8-24-13)9-30-17-7-18-16(6-15(17)22)25(20(29)32-18)5-4-19(28)31-12-21(23,10-26)11-27/h2-3,6-8,26-27H,4-5,9-12,23H2,1H3. The molecule has 3 aromatic rings. The van der Waals surface area contributed by atoms with Gasteiger partial charge in [-0.05, 0) is 19.1 Å². The number of fused-ring (bicyclic) bond motifs is 1. The summed E-state index contributed by atoms with van der Waals surface area (Å²) in [4.78, 5) is 28.5. The van der Waals surface area contributed by atoms with Crippen molar-refractivity contribution in [3.05, 3.63) is 57.3 Å². The Morgan fingerprint density at radius 3 is 2.72 bits per heavy atom. The monoisotopic (exact) mass is 465 g/mol. The van der Waals surface area contributed by atoms with Gasteiger partial charge in [-0.1, -0.05) is 17.7 Å². The van der Waals surface area contributed by atoms with Crippen LogP contribution in [0.2, 0.25) is 5.02 Å². The second-order valence-corrected chi connectivity index (χ2v) is 7.86. The average molecular weight is 466 g/mol. The molecule has 32 heavy (non-hydrogen) atoms. The molecule has 0 fully saturated rings. The summed E-state index contributed by atoms with van der Waals surface area (Å²) < 4.78 is 17.2. The molecular weight excluding hydrogens is 442 g/mol. The van der Waals surface area contributed by atoms with E-state index in [1.807, 2.05) is 19.1 Å². The molecule has 0 unspecified atom stereocenters. The molecule has 0 atom stereocenters. The third-order valence-electron chi connectivity index (χ3n) is 4.78. The van der Waals surface area contributed by atoms with E-state index in [0.29, 0.717) is 11.3 Å². The Morgan fingerprint density at radius 2 is 2.06 bits per heavy atom. The summed E-state index contributed by atoms with van der Waals surface area (Å²) in [6.45, 7) is 0.643. The molecular formula is C21H24ClN3O7. The highest BCUT2D eigenvalue weighted by Gasteiger charge is 2.25. The number of rotatable bonds is 10. The molecule has 172 valence electrons. The maximum absolute atomic E-state index is 12.3. The fraction of sp³-hybridized carbons (Fsp3) is 0.381. The maximum atomic E-state index is 12.3. The van der Waals surface area contributed by atoms with Crippen molar-refractivity contribution >= 4 is 28.7 Å². The zero-order valence-electron chi connectivity index (χ0n) is 17.4. The lowest BCUT2D eigenvalue weighted by molar-refractivity contribution is -0.146. The normalized spacial score (nSPS) is 11.7. The van der Waals surface area contributed by atoms with E-state index in [1.54, 1.807) is 6.20 Å². The van der Waals surface area contributed by atoms with Crippen LogP contribution in [0.25, 0.3) is 11.1 Å². The predicted molar refractivity (Wildman–Crippen MR) is 115 cm³/mol. The van der Waals surface area contributed by atoms with Gasteiger partial charge in [0.05, 0.1) is 35.7 Å². The van der Waals surface area contributed by atoms with Gasteiger partial charge in [-0.3, -0.25) is 14.3 Å². The van der Waals surface area contributed by atoms with Crippen LogP contribution in [0.4, 0.5) is 0 Å². The molecule has 4 N–H and O–H groups in total. The van der Waals surface area contributed by atoms with E-state index in [9.17, 15) is 9.59 Å². The lowest BCUT2D eigenvalue weighted by Gasteiger charge is -2.23. The number of aryl methyl sites for hydroxylation is 2. The average Bonchev–Trinajstić information content (AvgIpc) is 3.09. The van der Waals surface area contributed by atoms with Crippen LogP contribution in [-0.2, 0) is 22.7 Å². The van der Waals surface area contributed by atoms with Crippen LogP contribution >= 0.6 is 11.6 Å². The number of pyridine rings is 1. The largest absolute Gasteiger partial charge is 0.487 e. The second kappa shape index (κ2) is 10.1. The van der Waals surface area contributed by atoms with Crippen molar-refractivity contribution < 1.29 is 28.9 Å². The molecule has 10 nitrogen and oxygen atoms in total. The number of aliphatic hydroxyl groups excluding tert-OH is 2. The number of nitrogens with zero attached hydrogens (tertiary/aromatic N) is 2. The molecule has 0 bridgehead atoms. The molecule has 2 heterocycles. The first kappa shape index (κ1) is 23.7. The van der Waals surface area contributed by atoms with Crippen LogP contribution in [0.3, 0.4) is 0 Å². The van der Waals surface area contributed by atoms with Gasteiger partial charge in [0.15, 0.2) is 5.58 Å². The number of aliphatic hydroxyl groups is 2. The fourth-order valence-corrected chi connectivity index (χ4v) is 2.98. The third kappa shape index (κ3) is 5.65. The Labute approximate surface area is 188 Å². The van der Waals surface area contributed by atoms with Crippen molar-refractivity contribution in [2.24, 2.45) is 5.73 Å². The minimum absolute atomic E-state index is 0.0218. The van der Waals surface area contributed by atoms with Crippen LogP contribution < -0.4 is 16.2 Å². The van der Waals surface area contributed by atoms with Crippen molar-refractivity contribution in [3.63, 3.8) is 0 Å². The van der Waals surface area contributed by atoms with Crippen LogP contribution in [-0.4, -0.2) is 51.1 Å². The van der Waals surface area contributed by atoms with Gasteiger partial charge in [0.25, 0.3) is 0 Å². The number of halogens is 1. The van der Waals surface area contributed by atoms with E-state index >= 15 is 0 Å². The van der Waals surface area contributed by atoms with Gasteiger partial charge in [0, 0.05) is 30.1 Å². The lowest BCUT2D eigenvalue weighted by atomic mass is 10.1. The molecule has 0 aliphatic heterocycles. The number of aromatic nitrogens is 2. The van der Waals surface area contributed by atoms with Crippen molar-refractivity contribution in [3.8, 4) is 5.75 Å². The van der Waals surface area contributed by atoms with Crippen molar-refractivity contribution in [2.75, 3.05) is 19.8 Å². The van der Waals surface area contributed by atoms with Gasteiger partial charge in [-0.15, -0.1) is 0 Å². The molecule has 3 rings (SSSR count). The number of hydrogen-bond donors (Lipinski definition) is 3. The van der Waals surface area contributed by atoms with E-state index in [-0.39, 0.29) is 36.8 Å². The smallest absolute Gasteiger partial charge is 0.419 e. The molecule has 0 amide bonds. The Morgan fingerprint density at radius 1 is 1.31 bits per heavy atom. The Balaban J connectivity index is 1.67. The van der Waals surface area contributed by atoms with Gasteiger partial charge in [0.2, 0.25) is 0 Å². The first-order valence-electron chi connectivity index (χ1n) is 9.78. The maximum Gasteiger partial charge on any atom is 0.419 e. The number of benzene rings is 1. The minimum Gasteiger partial charge on any atom is -0.487 e.